The Labute approximate surface area is 127 Å². The van der Waals surface area contributed by atoms with E-state index in [0.29, 0.717) is 10.6 Å². The van der Waals surface area contributed by atoms with Crippen LogP contribution < -0.4 is 11.1 Å². The molecule has 1 heterocycles. The van der Waals surface area contributed by atoms with Crippen LogP contribution in [0, 0.1) is 6.92 Å². The van der Waals surface area contributed by atoms with Crippen LogP contribution in [-0.4, -0.2) is 23.5 Å². The van der Waals surface area contributed by atoms with E-state index >= 15 is 0 Å². The van der Waals surface area contributed by atoms with Gasteiger partial charge in [0, 0.05) is 21.9 Å². The molecule has 0 saturated carbocycles. The van der Waals surface area contributed by atoms with Crippen LogP contribution in [0.4, 0.5) is 5.69 Å². The molecule has 0 bridgehead atoms. The Morgan fingerprint density at radius 2 is 2.25 bits per heavy atom. The molecule has 0 aliphatic carbocycles. The number of anilines is 1. The summed E-state index contributed by atoms with van der Waals surface area (Å²) < 4.78 is 1.06. The smallest absolute Gasteiger partial charge is 0.263 e. The number of nitrogens with one attached hydrogen (secondary N) is 1. The Kier molecular flexibility index (Phi) is 4.94. The minimum atomic E-state index is -0.0643. The van der Waals surface area contributed by atoms with E-state index in [1.165, 1.54) is 11.3 Å². The lowest BCUT2D eigenvalue weighted by molar-refractivity contribution is 0.0948. The van der Waals surface area contributed by atoms with Gasteiger partial charge in [-0.2, -0.15) is 11.8 Å². The molecular formula is C15H20N2OS2. The summed E-state index contributed by atoms with van der Waals surface area (Å²) in [5.41, 5.74) is 7.88. The van der Waals surface area contributed by atoms with E-state index in [0.717, 1.165) is 27.2 Å². The first-order chi connectivity index (χ1) is 9.52. The number of carbonyl (C=O) groups is 1. The van der Waals surface area contributed by atoms with Gasteiger partial charge in [-0.25, -0.2) is 0 Å². The molecular weight excluding hydrogens is 288 g/mol. The van der Waals surface area contributed by atoms with Gasteiger partial charge < -0.3 is 11.1 Å². The van der Waals surface area contributed by atoms with Crippen molar-refractivity contribution in [2.45, 2.75) is 26.8 Å². The molecule has 0 aliphatic heterocycles. The van der Waals surface area contributed by atoms with Crippen LogP contribution in [0.2, 0.25) is 0 Å². The summed E-state index contributed by atoms with van der Waals surface area (Å²) in [5, 5.41) is 4.00. The van der Waals surface area contributed by atoms with Gasteiger partial charge in [-0.05, 0) is 31.7 Å². The molecule has 5 heteroatoms. The van der Waals surface area contributed by atoms with Crippen molar-refractivity contribution in [2.75, 3.05) is 17.2 Å². The first-order valence-electron chi connectivity index (χ1n) is 6.70. The minimum absolute atomic E-state index is 0.0643. The van der Waals surface area contributed by atoms with E-state index in [1.54, 1.807) is 0 Å². The van der Waals surface area contributed by atoms with Crippen LogP contribution in [0.25, 0.3) is 10.1 Å². The Bertz CT molecular complexity index is 622. The fourth-order valence-corrected chi connectivity index (χ4v) is 3.70. The second kappa shape index (κ2) is 6.50. The van der Waals surface area contributed by atoms with Crippen LogP contribution in [-0.2, 0) is 0 Å². The molecule has 0 radical (unpaired) electrons. The molecule has 1 aromatic heterocycles. The highest BCUT2D eigenvalue weighted by molar-refractivity contribution is 7.99. The van der Waals surface area contributed by atoms with Crippen LogP contribution in [0.5, 0.6) is 0 Å². The highest BCUT2D eigenvalue weighted by Crippen LogP contribution is 2.34. The van der Waals surface area contributed by atoms with E-state index < -0.39 is 0 Å². The first-order valence-corrected chi connectivity index (χ1v) is 8.67. The minimum Gasteiger partial charge on any atom is -0.397 e. The van der Waals surface area contributed by atoms with E-state index in [9.17, 15) is 4.79 Å². The summed E-state index contributed by atoms with van der Waals surface area (Å²) >= 11 is 3.28. The molecule has 3 nitrogen and oxygen atoms in total. The summed E-state index contributed by atoms with van der Waals surface area (Å²) in [6.07, 6.45) is 0. The van der Waals surface area contributed by atoms with Crippen molar-refractivity contribution in [3.63, 3.8) is 0 Å². The number of amides is 1. The Morgan fingerprint density at radius 3 is 2.95 bits per heavy atom. The van der Waals surface area contributed by atoms with Crippen molar-refractivity contribution in [3.05, 3.63) is 28.6 Å². The standard InChI is InChI=1S/C15H20N2OS2/c1-4-19-8-10(3)17-15(18)14-13(16)11-7-9(2)5-6-12(11)20-14/h5-7,10H,4,8,16H2,1-3H3,(H,17,18). The predicted octanol–water partition coefficient (Wildman–Crippen LogP) is 3.66. The summed E-state index contributed by atoms with van der Waals surface area (Å²) in [6.45, 7) is 6.17. The van der Waals surface area contributed by atoms with Crippen LogP contribution >= 0.6 is 23.1 Å². The molecule has 3 N–H and O–H groups in total. The topological polar surface area (TPSA) is 55.1 Å². The summed E-state index contributed by atoms with van der Waals surface area (Å²) in [5.74, 6) is 1.92. The Morgan fingerprint density at radius 1 is 1.50 bits per heavy atom. The normalized spacial score (nSPS) is 12.6. The zero-order valence-corrected chi connectivity index (χ0v) is 13.7. The molecule has 0 fully saturated rings. The van der Waals surface area contributed by atoms with Crippen molar-refractivity contribution < 1.29 is 4.79 Å². The number of aryl methyl sites for hydroxylation is 1. The predicted molar refractivity (Wildman–Crippen MR) is 90.9 cm³/mol. The summed E-state index contributed by atoms with van der Waals surface area (Å²) in [6, 6.07) is 6.26. The number of thioether (sulfide) groups is 1. The average molecular weight is 308 g/mol. The zero-order chi connectivity index (χ0) is 14.7. The second-order valence-corrected chi connectivity index (χ2v) is 7.25. The maximum absolute atomic E-state index is 12.3. The lowest BCUT2D eigenvalue weighted by Gasteiger charge is -2.12. The van der Waals surface area contributed by atoms with Crippen molar-refractivity contribution in [1.29, 1.82) is 0 Å². The molecule has 1 aromatic carbocycles. The van der Waals surface area contributed by atoms with Gasteiger partial charge in [-0.1, -0.05) is 18.6 Å². The zero-order valence-electron chi connectivity index (χ0n) is 12.0. The second-order valence-electron chi connectivity index (χ2n) is 4.88. The number of thiophene rings is 1. The fraction of sp³-hybridized carbons (Fsp3) is 0.400. The molecule has 0 spiro atoms. The molecule has 108 valence electrons. The lowest BCUT2D eigenvalue weighted by Crippen LogP contribution is -2.34. The highest BCUT2D eigenvalue weighted by atomic mass is 32.2. The number of benzene rings is 1. The van der Waals surface area contributed by atoms with Gasteiger partial charge in [0.2, 0.25) is 0 Å². The first kappa shape index (κ1) is 15.2. The van der Waals surface area contributed by atoms with Crippen molar-refractivity contribution >= 4 is 44.8 Å². The number of nitrogens with two attached hydrogens (primary N) is 1. The molecule has 2 rings (SSSR count). The molecule has 1 amide bonds. The van der Waals surface area contributed by atoms with Crippen molar-refractivity contribution in [1.82, 2.24) is 5.32 Å². The fourth-order valence-electron chi connectivity index (χ4n) is 2.02. The number of carbonyl (C=O) groups excluding carboxylic acids is 1. The third-order valence-electron chi connectivity index (χ3n) is 3.04. The lowest BCUT2D eigenvalue weighted by atomic mass is 10.1. The monoisotopic (exact) mass is 308 g/mol. The van der Waals surface area contributed by atoms with E-state index in [-0.39, 0.29) is 11.9 Å². The van der Waals surface area contributed by atoms with E-state index in [1.807, 2.05) is 43.8 Å². The quantitative estimate of drug-likeness (QED) is 0.886. The van der Waals surface area contributed by atoms with Gasteiger partial charge in [0.1, 0.15) is 4.88 Å². The van der Waals surface area contributed by atoms with Gasteiger partial charge >= 0.3 is 0 Å². The van der Waals surface area contributed by atoms with E-state index in [4.69, 9.17) is 5.73 Å². The number of nitrogen functional groups attached to an aromatic ring is 1. The summed E-state index contributed by atoms with van der Waals surface area (Å²) in [4.78, 5) is 12.9. The molecule has 20 heavy (non-hydrogen) atoms. The van der Waals surface area contributed by atoms with E-state index in [2.05, 4.69) is 12.2 Å². The Balaban J connectivity index is 2.20. The molecule has 0 saturated heterocycles. The maximum Gasteiger partial charge on any atom is 0.263 e. The molecule has 0 aliphatic rings. The maximum atomic E-state index is 12.3. The van der Waals surface area contributed by atoms with Crippen LogP contribution in [0.1, 0.15) is 29.1 Å². The van der Waals surface area contributed by atoms with Crippen molar-refractivity contribution in [2.24, 2.45) is 0 Å². The van der Waals surface area contributed by atoms with Crippen molar-refractivity contribution in [3.8, 4) is 0 Å². The third kappa shape index (κ3) is 3.27. The van der Waals surface area contributed by atoms with Gasteiger partial charge in [0.15, 0.2) is 0 Å². The summed E-state index contributed by atoms with van der Waals surface area (Å²) in [7, 11) is 0. The number of hydrogen-bond donors (Lipinski definition) is 2. The number of rotatable bonds is 5. The van der Waals surface area contributed by atoms with Gasteiger partial charge in [0.25, 0.3) is 5.91 Å². The largest absolute Gasteiger partial charge is 0.397 e. The van der Waals surface area contributed by atoms with Gasteiger partial charge in [0.05, 0.1) is 5.69 Å². The third-order valence-corrected chi connectivity index (χ3v) is 5.37. The molecule has 2 aromatic rings. The Hall–Kier alpha value is -1.20. The number of fused-ring (bicyclic) bond motifs is 1. The highest BCUT2D eigenvalue weighted by Gasteiger charge is 2.17. The van der Waals surface area contributed by atoms with Crippen LogP contribution in [0.3, 0.4) is 0 Å². The van der Waals surface area contributed by atoms with Gasteiger partial charge in [-0.15, -0.1) is 11.3 Å². The molecule has 1 atom stereocenters. The van der Waals surface area contributed by atoms with Gasteiger partial charge in [-0.3, -0.25) is 4.79 Å². The molecule has 1 unspecified atom stereocenters. The SMILES string of the molecule is CCSCC(C)NC(=O)c1sc2ccc(C)cc2c1N. The number of hydrogen-bond acceptors (Lipinski definition) is 4. The van der Waals surface area contributed by atoms with Crippen LogP contribution in [0.15, 0.2) is 18.2 Å². The average Bonchev–Trinajstić information content (AvgIpc) is 2.74.